The molecular weight excluding hydrogens is 250 g/mol. The van der Waals surface area contributed by atoms with Crippen LogP contribution in [0.15, 0.2) is 18.2 Å². The highest BCUT2D eigenvalue weighted by atomic mass is 16.1. The van der Waals surface area contributed by atoms with Gasteiger partial charge in [0.15, 0.2) is 0 Å². The molecule has 1 heterocycles. The molecule has 4 heteroatoms. The zero-order valence-corrected chi connectivity index (χ0v) is 12.0. The topological polar surface area (TPSA) is 70.9 Å². The molecule has 3 rings (SSSR count). The number of hydrogen-bond donors (Lipinski definition) is 3. The van der Waals surface area contributed by atoms with Gasteiger partial charge in [0.2, 0.25) is 0 Å². The molecule has 2 atom stereocenters. The van der Waals surface area contributed by atoms with Gasteiger partial charge in [-0.2, -0.15) is 0 Å². The first-order valence-electron chi connectivity index (χ1n) is 7.21. The van der Waals surface area contributed by atoms with Crippen LogP contribution < -0.4 is 11.1 Å². The predicted octanol–water partition coefficient (Wildman–Crippen LogP) is 2.39. The molecule has 0 bridgehead atoms. The summed E-state index contributed by atoms with van der Waals surface area (Å²) in [5.74, 6) is -0.0208. The van der Waals surface area contributed by atoms with Crippen molar-refractivity contribution >= 4 is 16.8 Å². The zero-order valence-electron chi connectivity index (χ0n) is 12.0. The van der Waals surface area contributed by atoms with Crippen LogP contribution in [0.1, 0.15) is 40.9 Å². The van der Waals surface area contributed by atoms with E-state index in [-0.39, 0.29) is 18.0 Å². The van der Waals surface area contributed by atoms with E-state index in [4.69, 9.17) is 5.73 Å². The minimum Gasteiger partial charge on any atom is -0.358 e. The van der Waals surface area contributed by atoms with Gasteiger partial charge in [0.1, 0.15) is 0 Å². The van der Waals surface area contributed by atoms with Gasteiger partial charge in [-0.3, -0.25) is 4.79 Å². The summed E-state index contributed by atoms with van der Waals surface area (Å²) in [4.78, 5) is 15.7. The minimum atomic E-state index is -0.0208. The summed E-state index contributed by atoms with van der Waals surface area (Å²) in [7, 11) is 0. The summed E-state index contributed by atoms with van der Waals surface area (Å²) in [6.45, 7) is 4.12. The Labute approximate surface area is 118 Å². The van der Waals surface area contributed by atoms with Crippen LogP contribution in [0.4, 0.5) is 0 Å². The molecule has 4 nitrogen and oxygen atoms in total. The number of benzene rings is 1. The van der Waals surface area contributed by atoms with Crippen LogP contribution >= 0.6 is 0 Å². The third-order valence-corrected chi connectivity index (χ3v) is 4.46. The fraction of sp³-hybridized carbons (Fsp3) is 0.438. The zero-order chi connectivity index (χ0) is 14.3. The second kappa shape index (κ2) is 4.94. The van der Waals surface area contributed by atoms with E-state index in [9.17, 15) is 4.79 Å². The summed E-state index contributed by atoms with van der Waals surface area (Å²) in [6.07, 6.45) is 3.08. The maximum atomic E-state index is 12.3. The molecule has 20 heavy (non-hydrogen) atoms. The minimum absolute atomic E-state index is 0.0208. The van der Waals surface area contributed by atoms with E-state index >= 15 is 0 Å². The van der Waals surface area contributed by atoms with Gasteiger partial charge in [0.25, 0.3) is 5.91 Å². The van der Waals surface area contributed by atoms with E-state index in [1.807, 2.05) is 25.1 Å². The Kier molecular flexibility index (Phi) is 3.26. The number of aromatic amines is 1. The van der Waals surface area contributed by atoms with Crippen molar-refractivity contribution in [1.29, 1.82) is 0 Å². The van der Waals surface area contributed by atoms with Gasteiger partial charge in [-0.25, -0.2) is 0 Å². The normalized spacial score (nSPS) is 22.4. The fourth-order valence-electron chi connectivity index (χ4n) is 3.02. The van der Waals surface area contributed by atoms with Crippen molar-refractivity contribution in [2.45, 2.75) is 45.2 Å². The van der Waals surface area contributed by atoms with Crippen LogP contribution in [0.3, 0.4) is 0 Å². The third kappa shape index (κ3) is 2.20. The summed E-state index contributed by atoms with van der Waals surface area (Å²) < 4.78 is 0. The van der Waals surface area contributed by atoms with E-state index < -0.39 is 0 Å². The smallest absolute Gasteiger partial charge is 0.251 e. The number of carbonyl (C=O) groups is 1. The molecule has 2 aromatic rings. The van der Waals surface area contributed by atoms with Crippen molar-refractivity contribution in [3.8, 4) is 0 Å². The Hall–Kier alpha value is -1.81. The van der Waals surface area contributed by atoms with E-state index in [0.717, 1.165) is 35.9 Å². The lowest BCUT2D eigenvalue weighted by molar-refractivity contribution is 0.0935. The average Bonchev–Trinajstić information content (AvgIpc) is 2.95. The first-order valence-corrected chi connectivity index (χ1v) is 7.21. The number of H-pyrrole nitrogens is 1. The number of nitrogens with one attached hydrogen (secondary N) is 2. The molecule has 1 aliphatic rings. The quantitative estimate of drug-likeness (QED) is 0.785. The fourth-order valence-corrected chi connectivity index (χ4v) is 3.02. The standard InChI is InChI=1S/C16H21N3O/c1-9-10(2)18-14-7-6-11(8-12(9)14)16(20)19-15-5-3-4-13(15)17/h6-8,13,15,18H,3-5,17H2,1-2H3,(H,19,20). The van der Waals surface area contributed by atoms with Crippen molar-refractivity contribution in [2.24, 2.45) is 5.73 Å². The van der Waals surface area contributed by atoms with Gasteiger partial charge in [-0.15, -0.1) is 0 Å². The van der Waals surface area contributed by atoms with Crippen molar-refractivity contribution in [3.63, 3.8) is 0 Å². The number of rotatable bonds is 2. The first kappa shape index (κ1) is 13.2. The SMILES string of the molecule is Cc1[nH]c2ccc(C(=O)NC3CCCC3N)cc2c1C. The lowest BCUT2D eigenvalue weighted by Gasteiger charge is -2.17. The summed E-state index contributed by atoms with van der Waals surface area (Å²) in [5.41, 5.74) is 10.1. The number of amides is 1. The van der Waals surface area contributed by atoms with Crippen molar-refractivity contribution in [1.82, 2.24) is 10.3 Å². The number of aryl methyl sites for hydroxylation is 2. The predicted molar refractivity (Wildman–Crippen MR) is 80.9 cm³/mol. The summed E-state index contributed by atoms with van der Waals surface area (Å²) in [5, 5.41) is 4.18. The van der Waals surface area contributed by atoms with E-state index in [1.54, 1.807) is 0 Å². The van der Waals surface area contributed by atoms with Crippen LogP contribution in [-0.4, -0.2) is 23.0 Å². The Morgan fingerprint density at radius 3 is 2.85 bits per heavy atom. The molecule has 1 fully saturated rings. The molecule has 1 amide bonds. The number of aromatic nitrogens is 1. The highest BCUT2D eigenvalue weighted by Crippen LogP contribution is 2.23. The monoisotopic (exact) mass is 271 g/mol. The second-order valence-electron chi connectivity index (χ2n) is 5.81. The lowest BCUT2D eigenvalue weighted by Crippen LogP contribution is -2.43. The Bertz CT molecular complexity index is 659. The Morgan fingerprint density at radius 2 is 2.15 bits per heavy atom. The van der Waals surface area contributed by atoms with Gasteiger partial charge >= 0.3 is 0 Å². The molecule has 0 radical (unpaired) electrons. The number of fused-ring (bicyclic) bond motifs is 1. The van der Waals surface area contributed by atoms with Crippen LogP contribution in [-0.2, 0) is 0 Å². The van der Waals surface area contributed by atoms with Gasteiger partial charge in [-0.05, 0) is 56.9 Å². The maximum absolute atomic E-state index is 12.3. The molecule has 106 valence electrons. The van der Waals surface area contributed by atoms with Crippen LogP contribution in [0.5, 0.6) is 0 Å². The largest absolute Gasteiger partial charge is 0.358 e. The van der Waals surface area contributed by atoms with Crippen LogP contribution in [0.25, 0.3) is 10.9 Å². The molecule has 2 unspecified atom stereocenters. The maximum Gasteiger partial charge on any atom is 0.251 e. The van der Waals surface area contributed by atoms with E-state index in [2.05, 4.69) is 17.2 Å². The molecule has 1 saturated carbocycles. The molecule has 0 aliphatic heterocycles. The van der Waals surface area contributed by atoms with E-state index in [0.29, 0.717) is 5.56 Å². The number of nitrogens with two attached hydrogens (primary N) is 1. The van der Waals surface area contributed by atoms with E-state index in [1.165, 1.54) is 5.56 Å². The van der Waals surface area contributed by atoms with Crippen molar-refractivity contribution < 1.29 is 4.79 Å². The lowest BCUT2D eigenvalue weighted by atomic mass is 10.1. The molecule has 4 N–H and O–H groups in total. The van der Waals surface area contributed by atoms with Gasteiger partial charge in [-0.1, -0.05) is 0 Å². The number of carbonyl (C=O) groups excluding carboxylic acids is 1. The van der Waals surface area contributed by atoms with Gasteiger partial charge < -0.3 is 16.0 Å². The molecule has 1 aliphatic carbocycles. The van der Waals surface area contributed by atoms with Crippen LogP contribution in [0, 0.1) is 13.8 Å². The summed E-state index contributed by atoms with van der Waals surface area (Å²) in [6, 6.07) is 6.02. The van der Waals surface area contributed by atoms with Crippen molar-refractivity contribution in [3.05, 3.63) is 35.0 Å². The van der Waals surface area contributed by atoms with Gasteiger partial charge in [0.05, 0.1) is 0 Å². The molecule has 1 aromatic carbocycles. The number of hydrogen-bond acceptors (Lipinski definition) is 2. The summed E-state index contributed by atoms with van der Waals surface area (Å²) >= 11 is 0. The molecule has 1 aromatic heterocycles. The molecule has 0 saturated heterocycles. The first-order chi connectivity index (χ1) is 9.56. The Balaban J connectivity index is 1.86. The van der Waals surface area contributed by atoms with Crippen LogP contribution in [0.2, 0.25) is 0 Å². The van der Waals surface area contributed by atoms with Gasteiger partial charge in [0, 0.05) is 34.2 Å². The Morgan fingerprint density at radius 1 is 1.35 bits per heavy atom. The molecular formula is C16H21N3O. The highest BCUT2D eigenvalue weighted by molar-refractivity contribution is 5.99. The second-order valence-corrected chi connectivity index (χ2v) is 5.81. The molecule has 0 spiro atoms. The average molecular weight is 271 g/mol. The highest BCUT2D eigenvalue weighted by Gasteiger charge is 2.25. The van der Waals surface area contributed by atoms with Crippen molar-refractivity contribution in [2.75, 3.05) is 0 Å². The third-order valence-electron chi connectivity index (χ3n) is 4.46.